The number of ether oxygens (including phenoxy) is 1. The first-order valence-corrected chi connectivity index (χ1v) is 30.1. The molecule has 0 N–H and O–H groups in total. The van der Waals surface area contributed by atoms with E-state index >= 15 is 0 Å². The first-order chi connectivity index (χ1) is 35.7. The molecule has 0 unspecified atom stereocenters. The molecule has 0 saturated heterocycles. The quantitative estimate of drug-likeness (QED) is 0.119. The summed E-state index contributed by atoms with van der Waals surface area (Å²) in [5.41, 5.74) is 24.7. The highest BCUT2D eigenvalue weighted by Crippen LogP contribution is 2.49. The van der Waals surface area contributed by atoms with Gasteiger partial charge in [0.15, 0.2) is 0 Å². The number of fused-ring (bicyclic) bond motifs is 9. The molecule has 402 valence electrons. The summed E-state index contributed by atoms with van der Waals surface area (Å²) in [5.74, 6) is 1.05. The highest BCUT2D eigenvalue weighted by molar-refractivity contribution is 5.81. The number of rotatable bonds is 12. The summed E-state index contributed by atoms with van der Waals surface area (Å²) >= 11 is 0. The van der Waals surface area contributed by atoms with Crippen LogP contribution in [0.2, 0.25) is 0 Å². The van der Waals surface area contributed by atoms with E-state index in [1.54, 1.807) is 11.1 Å². The summed E-state index contributed by atoms with van der Waals surface area (Å²) in [5, 5.41) is 0. The van der Waals surface area contributed by atoms with E-state index in [2.05, 4.69) is 165 Å². The lowest BCUT2D eigenvalue weighted by Gasteiger charge is -2.22. The van der Waals surface area contributed by atoms with Crippen molar-refractivity contribution in [3.63, 3.8) is 0 Å². The van der Waals surface area contributed by atoms with Crippen LogP contribution in [0.3, 0.4) is 0 Å². The van der Waals surface area contributed by atoms with Crippen LogP contribution in [0.15, 0.2) is 109 Å². The van der Waals surface area contributed by atoms with Crippen molar-refractivity contribution in [1.82, 2.24) is 0 Å². The van der Waals surface area contributed by atoms with Crippen LogP contribution in [0.25, 0.3) is 33.4 Å². The Hall–Kier alpha value is -4.88. The molecule has 3 aliphatic rings. The van der Waals surface area contributed by atoms with E-state index in [1.807, 2.05) is 83.1 Å². The standard InChI is InChI=1S/C21H26.C20H24.C19H22O.6C2H6/c1-5-7-15-9-11-17-18-12-10-16(8-6-2)14-20(18)21(3,4)19(17)13-15;1-3-5-15-7-11-19-17(13-15)9-10-18-14-16(6-4-2)8-12-20(18)19;1-3-5-14-7-9-17-16(11-14)13-20-19-12-15(6-4-2)8-10-18(17)19;6*1-2/h9-14H,5-8H2,1-4H3;7-8,11-14H,3-6,9-10H2,1-2H3;7-12H,3-6,13H2,1-2H3;6*1-2H3. The van der Waals surface area contributed by atoms with Gasteiger partial charge in [-0.25, -0.2) is 0 Å². The van der Waals surface area contributed by atoms with Gasteiger partial charge in [0.2, 0.25) is 0 Å². The zero-order chi connectivity index (χ0) is 54.9. The second-order valence-electron chi connectivity index (χ2n) is 18.5. The molecule has 0 bridgehead atoms. The topological polar surface area (TPSA) is 9.23 Å². The Balaban J connectivity index is 0.000000495. The average Bonchev–Trinajstić information content (AvgIpc) is 3.66. The van der Waals surface area contributed by atoms with Crippen LogP contribution < -0.4 is 4.74 Å². The predicted molar refractivity (Wildman–Crippen MR) is 332 cm³/mol. The van der Waals surface area contributed by atoms with Crippen molar-refractivity contribution < 1.29 is 4.74 Å². The van der Waals surface area contributed by atoms with Crippen LogP contribution in [0.4, 0.5) is 0 Å². The molecule has 0 saturated carbocycles. The lowest BCUT2D eigenvalue weighted by atomic mass is 9.81. The van der Waals surface area contributed by atoms with E-state index in [1.165, 1.54) is 161 Å². The Morgan fingerprint density at radius 3 is 0.904 bits per heavy atom. The van der Waals surface area contributed by atoms with Crippen LogP contribution in [0, 0.1) is 0 Å². The Kier molecular flexibility index (Phi) is 33.5. The third-order valence-corrected chi connectivity index (χ3v) is 13.2. The van der Waals surface area contributed by atoms with Gasteiger partial charge in [-0.2, -0.15) is 0 Å². The van der Waals surface area contributed by atoms with Crippen LogP contribution >= 0.6 is 0 Å². The van der Waals surface area contributed by atoms with Crippen molar-refractivity contribution in [2.24, 2.45) is 0 Å². The molecule has 0 fully saturated rings. The zero-order valence-electron chi connectivity index (χ0n) is 50.9. The Morgan fingerprint density at radius 2 is 0.575 bits per heavy atom. The number of hydrogen-bond donors (Lipinski definition) is 0. The molecule has 0 spiro atoms. The van der Waals surface area contributed by atoms with E-state index in [0.29, 0.717) is 6.61 Å². The first kappa shape index (κ1) is 66.1. The van der Waals surface area contributed by atoms with E-state index < -0.39 is 0 Å². The van der Waals surface area contributed by atoms with Gasteiger partial charge in [0, 0.05) is 11.0 Å². The third-order valence-electron chi connectivity index (χ3n) is 13.2. The zero-order valence-corrected chi connectivity index (χ0v) is 50.9. The van der Waals surface area contributed by atoms with Gasteiger partial charge in [-0.1, -0.05) is 280 Å². The molecule has 6 aromatic rings. The first-order valence-electron chi connectivity index (χ1n) is 30.1. The lowest BCUT2D eigenvalue weighted by molar-refractivity contribution is 0.302. The van der Waals surface area contributed by atoms with Crippen molar-refractivity contribution in [3.05, 3.63) is 170 Å². The molecular weight excluding hydrogens is 881 g/mol. The van der Waals surface area contributed by atoms with Crippen molar-refractivity contribution in [2.45, 2.75) is 240 Å². The van der Waals surface area contributed by atoms with E-state index in [4.69, 9.17) is 4.74 Å². The fourth-order valence-electron chi connectivity index (χ4n) is 10.1. The Labute approximate surface area is 452 Å². The fourth-order valence-corrected chi connectivity index (χ4v) is 10.1. The largest absolute Gasteiger partial charge is 0.488 e. The maximum Gasteiger partial charge on any atom is 0.127 e. The molecule has 9 rings (SSSR count). The minimum Gasteiger partial charge on any atom is -0.488 e. The predicted octanol–water partition coefficient (Wildman–Crippen LogP) is 22.6. The average molecular weight is 990 g/mol. The maximum absolute atomic E-state index is 5.97. The third kappa shape index (κ3) is 18.2. The minimum absolute atomic E-state index is 0.137. The van der Waals surface area contributed by atoms with E-state index in [-0.39, 0.29) is 5.41 Å². The molecule has 73 heavy (non-hydrogen) atoms. The summed E-state index contributed by atoms with van der Waals surface area (Å²) in [7, 11) is 0. The van der Waals surface area contributed by atoms with Crippen LogP contribution in [0.5, 0.6) is 5.75 Å². The van der Waals surface area contributed by atoms with Crippen LogP contribution in [-0.2, 0) is 63.4 Å². The van der Waals surface area contributed by atoms with Gasteiger partial charge in [0.25, 0.3) is 0 Å². The van der Waals surface area contributed by atoms with Gasteiger partial charge in [-0.05, 0) is 146 Å². The maximum atomic E-state index is 5.97. The number of aryl methyl sites for hydroxylation is 8. The molecule has 0 aromatic heterocycles. The van der Waals surface area contributed by atoms with Crippen molar-refractivity contribution in [2.75, 3.05) is 0 Å². The molecule has 0 amide bonds. The normalized spacial score (nSPS) is 11.7. The van der Waals surface area contributed by atoms with E-state index in [9.17, 15) is 0 Å². The van der Waals surface area contributed by atoms with Gasteiger partial charge < -0.3 is 4.74 Å². The molecule has 1 heterocycles. The molecule has 0 radical (unpaired) electrons. The van der Waals surface area contributed by atoms with E-state index in [0.717, 1.165) is 18.6 Å². The molecule has 1 heteroatoms. The SMILES string of the molecule is CC.CC.CC.CC.CC.CC.CCCc1ccc2c(c1)C(C)(C)c1cc(CCC)ccc1-2.CCCc1ccc2c(c1)CCc1cc(CCC)ccc1-2.CCCc1ccc2c(c1)COc1cc(CCC)ccc1-2. The monoisotopic (exact) mass is 989 g/mol. The van der Waals surface area contributed by atoms with Crippen molar-refractivity contribution >= 4 is 0 Å². The van der Waals surface area contributed by atoms with Gasteiger partial charge in [-0.3, -0.25) is 0 Å². The van der Waals surface area contributed by atoms with Gasteiger partial charge in [-0.15, -0.1) is 0 Å². The van der Waals surface area contributed by atoms with Crippen molar-refractivity contribution in [3.8, 4) is 39.1 Å². The minimum atomic E-state index is 0.137. The fraction of sp³-hybridized carbons (Fsp3) is 0.500. The molecule has 0 atom stereocenters. The summed E-state index contributed by atoms with van der Waals surface area (Å²) in [6.45, 7) is 42.9. The number of benzene rings is 6. The molecule has 2 aliphatic carbocycles. The van der Waals surface area contributed by atoms with Crippen LogP contribution in [-0.4, -0.2) is 0 Å². The molecule has 1 aliphatic heterocycles. The second-order valence-corrected chi connectivity index (χ2v) is 18.5. The summed E-state index contributed by atoms with van der Waals surface area (Å²) in [4.78, 5) is 0. The molecule has 1 nitrogen and oxygen atoms in total. The Morgan fingerprint density at radius 1 is 0.315 bits per heavy atom. The van der Waals surface area contributed by atoms with Crippen molar-refractivity contribution in [1.29, 1.82) is 0 Å². The highest BCUT2D eigenvalue weighted by Gasteiger charge is 2.35. The Bertz CT molecular complexity index is 2140. The summed E-state index contributed by atoms with van der Waals surface area (Å²) in [6, 6.07) is 41.9. The number of hydrogen-bond acceptors (Lipinski definition) is 1. The highest BCUT2D eigenvalue weighted by atomic mass is 16.5. The summed E-state index contributed by atoms with van der Waals surface area (Å²) < 4.78 is 5.97. The summed E-state index contributed by atoms with van der Waals surface area (Å²) in [6.07, 6.45) is 16.7. The molecule has 6 aromatic carbocycles. The van der Waals surface area contributed by atoms with Gasteiger partial charge >= 0.3 is 0 Å². The van der Waals surface area contributed by atoms with Crippen LogP contribution in [0.1, 0.15) is 238 Å². The lowest BCUT2D eigenvalue weighted by Crippen LogP contribution is -2.15. The second kappa shape index (κ2) is 36.9. The molecular formula is C72H108O. The smallest absolute Gasteiger partial charge is 0.127 e. The van der Waals surface area contributed by atoms with Gasteiger partial charge in [0.1, 0.15) is 12.4 Å². The van der Waals surface area contributed by atoms with Gasteiger partial charge in [0.05, 0.1) is 0 Å².